The van der Waals surface area contributed by atoms with Crippen molar-refractivity contribution in [2.24, 2.45) is 11.8 Å². The molecule has 0 aromatic carbocycles. The summed E-state index contributed by atoms with van der Waals surface area (Å²) in [4.78, 5) is 18.7. The fourth-order valence-electron chi connectivity index (χ4n) is 4.96. The number of likely N-dealkylation sites (tertiary alicyclic amines) is 3. The lowest BCUT2D eigenvalue weighted by Gasteiger charge is -2.46. The Hall–Kier alpha value is -0.970. The molecule has 0 atom stereocenters. The molecular formula is C24H48N4O5. The van der Waals surface area contributed by atoms with E-state index in [-0.39, 0.29) is 6.09 Å². The van der Waals surface area contributed by atoms with Crippen LogP contribution in [0.15, 0.2) is 0 Å². The first kappa shape index (κ1) is 28.3. The molecule has 4 saturated heterocycles. The van der Waals surface area contributed by atoms with Crippen LogP contribution in [0.1, 0.15) is 46.5 Å². The molecule has 0 aromatic rings. The molecule has 4 rings (SSSR count). The normalized spacial score (nSPS) is 24.0. The van der Waals surface area contributed by atoms with Crippen LogP contribution in [0.5, 0.6) is 0 Å². The van der Waals surface area contributed by atoms with Crippen LogP contribution in [0.2, 0.25) is 0 Å². The first-order valence-electron chi connectivity index (χ1n) is 12.6. The molecule has 9 heteroatoms. The molecular weight excluding hydrogens is 424 g/mol. The van der Waals surface area contributed by atoms with Gasteiger partial charge in [-0.3, -0.25) is 9.80 Å². The summed E-state index contributed by atoms with van der Waals surface area (Å²) in [5.41, 5.74) is -0.417. The van der Waals surface area contributed by atoms with E-state index in [1.807, 2.05) is 25.7 Å². The van der Waals surface area contributed by atoms with Crippen LogP contribution >= 0.6 is 0 Å². The molecule has 9 nitrogen and oxygen atoms in total. The van der Waals surface area contributed by atoms with Gasteiger partial charge in [-0.2, -0.15) is 0 Å². The average molecular weight is 473 g/mol. The Morgan fingerprint density at radius 1 is 0.848 bits per heavy atom. The summed E-state index contributed by atoms with van der Waals surface area (Å²) in [6.45, 7) is 14.5. The number of rotatable bonds is 4. The van der Waals surface area contributed by atoms with Gasteiger partial charge in [0.05, 0.1) is 0 Å². The number of nitrogens with zero attached hydrogens (tertiary/aromatic N) is 3. The maximum absolute atomic E-state index is 11.9. The molecule has 0 aliphatic carbocycles. The van der Waals surface area contributed by atoms with Crippen LogP contribution in [0.4, 0.5) is 4.79 Å². The first-order valence-corrected chi connectivity index (χ1v) is 12.6. The summed E-state index contributed by atoms with van der Waals surface area (Å²) in [7, 11) is 1.00. The Kier molecular flexibility index (Phi) is 11.8. The molecule has 4 fully saturated rings. The van der Waals surface area contributed by atoms with Gasteiger partial charge < -0.3 is 30.3 Å². The summed E-state index contributed by atoms with van der Waals surface area (Å²) in [6.07, 6.45) is 4.41. The molecule has 4 N–H and O–H groups in total. The van der Waals surface area contributed by atoms with Gasteiger partial charge in [0.2, 0.25) is 0 Å². The molecule has 4 aliphatic heterocycles. The van der Waals surface area contributed by atoms with E-state index < -0.39 is 5.60 Å². The zero-order chi connectivity index (χ0) is 24.4. The third-order valence-electron chi connectivity index (χ3n) is 6.94. The summed E-state index contributed by atoms with van der Waals surface area (Å²) >= 11 is 0. The largest absolute Gasteiger partial charge is 0.444 e. The monoisotopic (exact) mass is 472 g/mol. The minimum absolute atomic E-state index is 0.192. The van der Waals surface area contributed by atoms with Crippen molar-refractivity contribution in [1.29, 1.82) is 0 Å². The number of piperidine rings is 2. The molecule has 0 bridgehead atoms. The minimum Gasteiger partial charge on any atom is -0.444 e. The summed E-state index contributed by atoms with van der Waals surface area (Å²) in [5, 5.41) is 28.3. The molecule has 194 valence electrons. The zero-order valence-corrected chi connectivity index (χ0v) is 21.2. The fraction of sp³-hybridized carbons (Fsp3) is 0.958. The Balaban J connectivity index is 0.000000236. The van der Waals surface area contributed by atoms with Gasteiger partial charge in [-0.05, 0) is 59.5 Å². The van der Waals surface area contributed by atoms with E-state index in [0.29, 0.717) is 31.1 Å². The highest BCUT2D eigenvalue weighted by atomic mass is 16.6. The Bertz CT molecular complexity index is 548. The maximum Gasteiger partial charge on any atom is 0.410 e. The van der Waals surface area contributed by atoms with Crippen LogP contribution in [-0.4, -0.2) is 126 Å². The topological polar surface area (TPSA) is 109 Å². The fourth-order valence-corrected chi connectivity index (χ4v) is 4.96. The Morgan fingerprint density at radius 3 is 1.67 bits per heavy atom. The highest BCUT2D eigenvalue weighted by Gasteiger charge is 2.35. The predicted octanol–water partition coefficient (Wildman–Crippen LogP) is 0.581. The number of nitrogens with one attached hydrogen (secondary N) is 1. The van der Waals surface area contributed by atoms with E-state index in [0.717, 1.165) is 65.3 Å². The molecule has 4 heterocycles. The van der Waals surface area contributed by atoms with E-state index in [4.69, 9.17) is 20.1 Å². The van der Waals surface area contributed by atoms with Gasteiger partial charge in [0.25, 0.3) is 0 Å². The van der Waals surface area contributed by atoms with Crippen LogP contribution in [0.25, 0.3) is 0 Å². The highest BCUT2D eigenvalue weighted by molar-refractivity contribution is 5.68. The molecule has 0 saturated carbocycles. The molecule has 0 unspecified atom stereocenters. The number of carbonyl (C=O) groups is 1. The number of ether oxygens (including phenoxy) is 1. The third-order valence-corrected chi connectivity index (χ3v) is 6.94. The molecule has 33 heavy (non-hydrogen) atoms. The Morgan fingerprint density at radius 2 is 1.27 bits per heavy atom. The van der Waals surface area contributed by atoms with Crippen molar-refractivity contribution >= 4 is 6.09 Å². The predicted molar refractivity (Wildman–Crippen MR) is 129 cm³/mol. The maximum atomic E-state index is 11.9. The molecule has 4 aliphatic rings. The van der Waals surface area contributed by atoms with Crippen molar-refractivity contribution in [3.8, 4) is 0 Å². The lowest BCUT2D eigenvalue weighted by molar-refractivity contribution is -0.0138. The number of aliphatic hydroxyl groups excluding tert-OH is 3. The van der Waals surface area contributed by atoms with Crippen molar-refractivity contribution in [2.45, 2.75) is 64.1 Å². The van der Waals surface area contributed by atoms with Gasteiger partial charge in [0.15, 0.2) is 0 Å². The number of carbonyl (C=O) groups excluding carboxylic acids is 1. The number of hydrogen-bond acceptors (Lipinski definition) is 8. The zero-order valence-electron chi connectivity index (χ0n) is 21.2. The molecule has 0 aromatic heterocycles. The van der Waals surface area contributed by atoms with Crippen molar-refractivity contribution in [2.75, 3.05) is 72.7 Å². The second-order valence-corrected chi connectivity index (χ2v) is 10.7. The van der Waals surface area contributed by atoms with Gasteiger partial charge in [0.1, 0.15) is 5.60 Å². The summed E-state index contributed by atoms with van der Waals surface area (Å²) < 4.78 is 5.39. The minimum atomic E-state index is -0.417. The standard InChI is InChI=1S/C14H26N2O3.C9H18N2O.CH4O/c1-14(2,3)19-13(18)15-6-4-12(5-7-15)16-8-11(9-16)10-17;12-7-8-5-11(6-8)9-1-3-10-4-2-9;1-2/h11-12,17H,4-10H2,1-3H3;8-10,12H,1-7H2;2H,1H3. The van der Waals surface area contributed by atoms with E-state index >= 15 is 0 Å². The SMILES string of the molecule is CC(C)(C)OC(=O)N1CCC(N2CC(CO)C2)CC1.CO.OCC1CN(C2CCNCC2)C1. The lowest BCUT2D eigenvalue weighted by atomic mass is 9.94. The van der Waals surface area contributed by atoms with Crippen LogP contribution in [0, 0.1) is 11.8 Å². The highest BCUT2D eigenvalue weighted by Crippen LogP contribution is 2.25. The van der Waals surface area contributed by atoms with Gasteiger partial charge in [0, 0.05) is 83.5 Å². The van der Waals surface area contributed by atoms with Crippen molar-refractivity contribution in [3.63, 3.8) is 0 Å². The van der Waals surface area contributed by atoms with E-state index in [9.17, 15) is 4.79 Å². The van der Waals surface area contributed by atoms with Gasteiger partial charge in [-0.1, -0.05) is 0 Å². The third kappa shape index (κ3) is 8.96. The summed E-state index contributed by atoms with van der Waals surface area (Å²) in [5.74, 6) is 1.03. The van der Waals surface area contributed by atoms with Gasteiger partial charge in [-0.25, -0.2) is 4.79 Å². The van der Waals surface area contributed by atoms with Gasteiger partial charge >= 0.3 is 6.09 Å². The van der Waals surface area contributed by atoms with E-state index in [1.165, 1.54) is 25.9 Å². The quantitative estimate of drug-likeness (QED) is 0.471. The Labute approximate surface area is 200 Å². The molecule has 1 amide bonds. The number of hydrogen-bond donors (Lipinski definition) is 4. The smallest absolute Gasteiger partial charge is 0.410 e. The van der Waals surface area contributed by atoms with E-state index in [2.05, 4.69) is 15.1 Å². The van der Waals surface area contributed by atoms with Crippen molar-refractivity contribution < 1.29 is 24.9 Å². The average Bonchev–Trinajstić information content (AvgIpc) is 2.74. The van der Waals surface area contributed by atoms with Crippen LogP contribution in [0.3, 0.4) is 0 Å². The van der Waals surface area contributed by atoms with Gasteiger partial charge in [-0.15, -0.1) is 0 Å². The lowest BCUT2D eigenvalue weighted by Crippen LogP contribution is -2.56. The second kappa shape index (κ2) is 13.8. The second-order valence-electron chi connectivity index (χ2n) is 10.7. The van der Waals surface area contributed by atoms with Crippen molar-refractivity contribution in [1.82, 2.24) is 20.0 Å². The van der Waals surface area contributed by atoms with Crippen LogP contribution in [-0.2, 0) is 4.74 Å². The van der Waals surface area contributed by atoms with Crippen molar-refractivity contribution in [3.05, 3.63) is 0 Å². The number of amides is 1. The number of aliphatic hydroxyl groups is 3. The van der Waals surface area contributed by atoms with Crippen LogP contribution < -0.4 is 5.32 Å². The first-order chi connectivity index (χ1) is 15.8. The molecule has 0 spiro atoms. The molecule has 0 radical (unpaired) electrons. The summed E-state index contributed by atoms with van der Waals surface area (Å²) in [6, 6.07) is 1.37. The van der Waals surface area contributed by atoms with E-state index in [1.54, 1.807) is 0 Å².